The molecule has 1 unspecified atom stereocenters. The molecule has 0 aromatic heterocycles. The van der Waals surface area contributed by atoms with Crippen LogP contribution < -0.4 is 5.73 Å². The third-order valence-corrected chi connectivity index (χ3v) is 7.44. The molecule has 0 radical (unpaired) electrons. The Hall–Kier alpha value is -3.36. The lowest BCUT2D eigenvalue weighted by molar-refractivity contribution is -0.138. The molecular weight excluding hydrogens is 493 g/mol. The molecule has 2 aliphatic heterocycles. The van der Waals surface area contributed by atoms with Crippen molar-refractivity contribution in [3.8, 4) is 0 Å². The van der Waals surface area contributed by atoms with Gasteiger partial charge in [0.25, 0.3) is 11.8 Å². The quantitative estimate of drug-likeness (QED) is 0.511. The van der Waals surface area contributed by atoms with Gasteiger partial charge in [-0.1, -0.05) is 64.1 Å². The van der Waals surface area contributed by atoms with Gasteiger partial charge in [0.2, 0.25) is 0 Å². The van der Waals surface area contributed by atoms with Crippen molar-refractivity contribution in [3.05, 3.63) is 70.8 Å². The van der Waals surface area contributed by atoms with Gasteiger partial charge in [0.05, 0.1) is 17.7 Å². The van der Waals surface area contributed by atoms with E-state index in [4.69, 9.17) is 5.73 Å². The second-order valence-electron chi connectivity index (χ2n) is 11.5. The number of nitrogens with zero attached hydrogens (tertiary/aromatic N) is 3. The summed E-state index contributed by atoms with van der Waals surface area (Å²) in [5.41, 5.74) is 4.61. The zero-order chi connectivity index (χ0) is 27.9. The first kappa shape index (κ1) is 27.7. The highest BCUT2D eigenvalue weighted by Gasteiger charge is 2.49. The van der Waals surface area contributed by atoms with Crippen LogP contribution in [0, 0.1) is 11.3 Å². The highest BCUT2D eigenvalue weighted by molar-refractivity contribution is 6.07. The smallest absolute Gasteiger partial charge is 0.369 e. The summed E-state index contributed by atoms with van der Waals surface area (Å²) in [4.78, 5) is 34.5. The van der Waals surface area contributed by atoms with Gasteiger partial charge in [0.1, 0.15) is 0 Å². The molecule has 204 valence electrons. The van der Waals surface area contributed by atoms with Crippen molar-refractivity contribution in [3.63, 3.8) is 0 Å². The second-order valence-corrected chi connectivity index (χ2v) is 11.5. The molecule has 1 atom stereocenters. The van der Waals surface area contributed by atoms with Crippen molar-refractivity contribution < 1.29 is 22.8 Å². The summed E-state index contributed by atoms with van der Waals surface area (Å²) in [7, 11) is 0. The zero-order valence-electron chi connectivity index (χ0n) is 22.3. The summed E-state index contributed by atoms with van der Waals surface area (Å²) in [5, 5.41) is 0. The number of hydrogen-bond donors (Lipinski definition) is 1. The van der Waals surface area contributed by atoms with Gasteiger partial charge in [0.15, 0.2) is 11.5 Å². The summed E-state index contributed by atoms with van der Waals surface area (Å²) in [6.45, 7) is 8.78. The Kier molecular flexibility index (Phi) is 7.34. The van der Waals surface area contributed by atoms with E-state index in [1.54, 1.807) is 0 Å². The largest absolute Gasteiger partial charge is 0.417 e. The molecule has 6 nitrogen and oxygen atoms in total. The molecule has 9 heteroatoms. The fraction of sp³-hybridized carbons (Fsp3) is 0.483. The average Bonchev–Trinajstić information content (AvgIpc) is 3.34. The zero-order valence-corrected chi connectivity index (χ0v) is 22.3. The lowest BCUT2D eigenvalue weighted by Crippen LogP contribution is -2.42. The molecule has 0 aliphatic carbocycles. The van der Waals surface area contributed by atoms with Crippen molar-refractivity contribution in [2.45, 2.75) is 65.2 Å². The van der Waals surface area contributed by atoms with Crippen molar-refractivity contribution >= 4 is 17.8 Å². The standard InChI is InChI=1S/C29H35F3N4O2/c1-19(2)12-13-28(21-8-6-5-7-9-21)25(38)36(26(33)34-28)17-20-10-11-23(29(30,31)32)22(16-20)24(37)35-15-14-27(3,4)18-35/h5-11,16,19H,12-15,17-18H2,1-4H3,(H2,33,34). The second kappa shape index (κ2) is 10.1. The highest BCUT2D eigenvalue weighted by Crippen LogP contribution is 2.40. The van der Waals surface area contributed by atoms with Crippen LogP contribution in [0.4, 0.5) is 13.2 Å². The monoisotopic (exact) mass is 528 g/mol. The van der Waals surface area contributed by atoms with Crippen LogP contribution in [0.2, 0.25) is 0 Å². The van der Waals surface area contributed by atoms with Crippen LogP contribution >= 0.6 is 0 Å². The van der Waals surface area contributed by atoms with Gasteiger partial charge in [-0.25, -0.2) is 4.99 Å². The molecule has 0 bridgehead atoms. The number of carbonyl (C=O) groups excluding carboxylic acids is 2. The molecule has 1 fully saturated rings. The molecule has 4 rings (SSSR count). The van der Waals surface area contributed by atoms with E-state index in [-0.39, 0.29) is 23.8 Å². The van der Waals surface area contributed by atoms with Crippen LogP contribution in [-0.2, 0) is 23.1 Å². The minimum atomic E-state index is -4.69. The molecular formula is C29H35F3N4O2. The van der Waals surface area contributed by atoms with Crippen LogP contribution in [0.5, 0.6) is 0 Å². The van der Waals surface area contributed by atoms with Gasteiger partial charge >= 0.3 is 6.18 Å². The number of likely N-dealkylation sites (tertiary alicyclic amines) is 1. The van der Waals surface area contributed by atoms with E-state index in [2.05, 4.69) is 18.8 Å². The number of guanidine groups is 1. The highest BCUT2D eigenvalue weighted by atomic mass is 19.4. The fourth-order valence-electron chi connectivity index (χ4n) is 5.24. The Balaban J connectivity index is 1.67. The SMILES string of the molecule is CC(C)CCC1(c2ccccc2)N=C(N)N(Cc2ccc(C(F)(F)F)c(C(=O)N3CCC(C)(C)C3)c2)C1=O. The van der Waals surface area contributed by atoms with E-state index >= 15 is 0 Å². The summed E-state index contributed by atoms with van der Waals surface area (Å²) in [6.07, 6.45) is -2.79. The number of aliphatic imine (C=N–C) groups is 1. The van der Waals surface area contributed by atoms with E-state index in [9.17, 15) is 22.8 Å². The first-order valence-electron chi connectivity index (χ1n) is 13.0. The summed E-state index contributed by atoms with van der Waals surface area (Å²) in [6, 6.07) is 12.7. The van der Waals surface area contributed by atoms with Gasteiger partial charge in [-0.15, -0.1) is 0 Å². The fourth-order valence-corrected chi connectivity index (χ4v) is 5.24. The van der Waals surface area contributed by atoms with Crippen molar-refractivity contribution in [2.75, 3.05) is 13.1 Å². The maximum Gasteiger partial charge on any atom is 0.417 e. The van der Waals surface area contributed by atoms with Gasteiger partial charge in [0, 0.05) is 13.1 Å². The number of benzene rings is 2. The minimum absolute atomic E-state index is 0.0108. The predicted octanol–water partition coefficient (Wildman–Crippen LogP) is 5.57. The molecule has 2 aliphatic rings. The molecule has 2 amide bonds. The van der Waals surface area contributed by atoms with Gasteiger partial charge in [-0.3, -0.25) is 14.5 Å². The van der Waals surface area contributed by atoms with Crippen molar-refractivity contribution in [1.82, 2.24) is 9.80 Å². The average molecular weight is 529 g/mol. The Bertz CT molecular complexity index is 1240. The van der Waals surface area contributed by atoms with E-state index in [0.29, 0.717) is 37.4 Å². The summed E-state index contributed by atoms with van der Waals surface area (Å²) >= 11 is 0. The maximum absolute atomic E-state index is 13.9. The molecule has 2 heterocycles. The van der Waals surface area contributed by atoms with Gasteiger partial charge in [-0.2, -0.15) is 13.2 Å². The number of halogens is 3. The Morgan fingerprint density at radius 1 is 1.13 bits per heavy atom. The normalized spacial score (nSPS) is 21.4. The molecule has 2 N–H and O–H groups in total. The number of carbonyl (C=O) groups is 2. The molecule has 38 heavy (non-hydrogen) atoms. The number of amides is 2. The first-order valence-corrected chi connectivity index (χ1v) is 13.0. The van der Waals surface area contributed by atoms with Crippen LogP contribution in [-0.4, -0.2) is 40.7 Å². The van der Waals surface area contributed by atoms with Gasteiger partial charge < -0.3 is 10.6 Å². The molecule has 2 aromatic carbocycles. The van der Waals surface area contributed by atoms with Crippen LogP contribution in [0.15, 0.2) is 53.5 Å². The van der Waals surface area contributed by atoms with Crippen LogP contribution in [0.3, 0.4) is 0 Å². The van der Waals surface area contributed by atoms with E-state index < -0.39 is 28.7 Å². The Morgan fingerprint density at radius 2 is 1.82 bits per heavy atom. The molecule has 0 saturated carbocycles. The Labute approximate surface area is 221 Å². The van der Waals surface area contributed by atoms with Crippen LogP contribution in [0.25, 0.3) is 0 Å². The van der Waals surface area contributed by atoms with E-state index in [1.807, 2.05) is 44.2 Å². The maximum atomic E-state index is 13.9. The number of nitrogens with two attached hydrogens (primary N) is 1. The van der Waals surface area contributed by atoms with E-state index in [0.717, 1.165) is 18.1 Å². The number of alkyl halides is 3. The molecule has 0 spiro atoms. The van der Waals surface area contributed by atoms with Gasteiger partial charge in [-0.05, 0) is 53.9 Å². The van der Waals surface area contributed by atoms with Crippen molar-refractivity contribution in [1.29, 1.82) is 0 Å². The van der Waals surface area contributed by atoms with Crippen molar-refractivity contribution in [2.24, 2.45) is 22.1 Å². The number of rotatable bonds is 7. The molecule has 2 aromatic rings. The lowest BCUT2D eigenvalue weighted by Gasteiger charge is -2.27. The van der Waals surface area contributed by atoms with E-state index in [1.165, 1.54) is 21.9 Å². The topological polar surface area (TPSA) is 79.0 Å². The Morgan fingerprint density at radius 3 is 2.39 bits per heavy atom. The van der Waals surface area contributed by atoms with Crippen LogP contribution in [0.1, 0.15) is 74.0 Å². The predicted molar refractivity (Wildman–Crippen MR) is 140 cm³/mol. The first-order chi connectivity index (χ1) is 17.7. The number of hydrogen-bond acceptors (Lipinski definition) is 4. The third kappa shape index (κ3) is 5.42. The lowest BCUT2D eigenvalue weighted by atomic mass is 9.83. The molecule has 1 saturated heterocycles. The third-order valence-electron chi connectivity index (χ3n) is 7.44. The minimum Gasteiger partial charge on any atom is -0.369 e. The summed E-state index contributed by atoms with van der Waals surface area (Å²) < 4.78 is 41.6. The summed E-state index contributed by atoms with van der Waals surface area (Å²) in [5.74, 6) is -0.643.